The third-order valence-corrected chi connectivity index (χ3v) is 15.8. The second kappa shape index (κ2) is 15.8. The number of para-hydroxylation sites is 2. The molecule has 0 aliphatic heterocycles. The van der Waals surface area contributed by atoms with Crippen molar-refractivity contribution in [1.82, 2.24) is 8.80 Å². The average molecular weight is 935 g/mol. The van der Waals surface area contributed by atoms with Crippen LogP contribution in [0.1, 0.15) is 103 Å². The van der Waals surface area contributed by atoms with Crippen molar-refractivity contribution in [3.8, 4) is 0 Å². The molecule has 13 rings (SSSR count). The number of aromatic nitrogens is 2. The zero-order chi connectivity index (χ0) is 49.5. The number of nitrogens with zero attached hydrogens (tertiary/aromatic N) is 4. The van der Waals surface area contributed by atoms with Crippen LogP contribution in [0.3, 0.4) is 0 Å². The molecular weight excluding hydrogens is 873 g/mol. The summed E-state index contributed by atoms with van der Waals surface area (Å²) in [4.78, 5) is 4.96. The molecule has 0 aliphatic rings. The molecule has 9 aromatic carbocycles. The molecule has 4 aromatic heterocycles. The molecular formula is C68H62N4. The number of hydrogen-bond donors (Lipinski definition) is 0. The first-order valence-corrected chi connectivity index (χ1v) is 26.0. The molecule has 0 atom stereocenters. The zero-order valence-electron chi connectivity index (χ0n) is 43.3. The summed E-state index contributed by atoms with van der Waals surface area (Å²) < 4.78 is 5.19. The lowest BCUT2D eigenvalue weighted by Crippen LogP contribution is -2.10. The molecule has 4 nitrogen and oxygen atoms in total. The normalized spacial score (nSPS) is 12.8. The maximum atomic E-state index is 2.59. The van der Waals surface area contributed by atoms with Crippen LogP contribution in [-0.2, 0) is 10.8 Å². The average Bonchev–Trinajstić information content (AvgIpc) is 4.10. The number of anilines is 6. The fourth-order valence-electron chi connectivity index (χ4n) is 11.9. The first-order valence-electron chi connectivity index (χ1n) is 26.0. The van der Waals surface area contributed by atoms with Gasteiger partial charge in [0.25, 0.3) is 0 Å². The van der Waals surface area contributed by atoms with Crippen molar-refractivity contribution in [2.45, 2.75) is 91.9 Å². The third-order valence-electron chi connectivity index (χ3n) is 15.8. The zero-order valence-corrected chi connectivity index (χ0v) is 43.3. The van der Waals surface area contributed by atoms with E-state index in [0.29, 0.717) is 11.8 Å². The maximum absolute atomic E-state index is 2.59. The van der Waals surface area contributed by atoms with E-state index in [0.717, 1.165) is 22.7 Å². The number of rotatable bonds is 8. The van der Waals surface area contributed by atoms with Gasteiger partial charge >= 0.3 is 0 Å². The van der Waals surface area contributed by atoms with Crippen LogP contribution in [-0.4, -0.2) is 8.80 Å². The van der Waals surface area contributed by atoms with Gasteiger partial charge in [-0.3, -0.25) is 0 Å². The van der Waals surface area contributed by atoms with E-state index in [2.05, 4.69) is 270 Å². The minimum Gasteiger partial charge on any atom is -0.310 e. The maximum Gasteiger partial charge on any atom is 0.0641 e. The van der Waals surface area contributed by atoms with Gasteiger partial charge in [-0.2, -0.15) is 0 Å². The summed E-state index contributed by atoms with van der Waals surface area (Å²) in [7, 11) is 0. The summed E-state index contributed by atoms with van der Waals surface area (Å²) in [6.45, 7) is 23.0. The lowest BCUT2D eigenvalue weighted by atomic mass is 9.86. The van der Waals surface area contributed by atoms with Gasteiger partial charge in [0.2, 0.25) is 0 Å². The third kappa shape index (κ3) is 6.57. The predicted molar refractivity (Wildman–Crippen MR) is 311 cm³/mol. The number of hydrogen-bond acceptors (Lipinski definition) is 2. The van der Waals surface area contributed by atoms with Gasteiger partial charge in [0, 0.05) is 65.8 Å². The molecule has 354 valence electrons. The SMILES string of the molecule is CC(C)c1ccc(N(c2ccccc2)c2ccc3c4cc(C(C)(C)C)ccc4n4c5cc6c7c(N(c8ccccc8)c8ccc(C(C)C)cc8)ccc8c9cc(C(C)(C)C)ccc9n(c6cc5c2c34)c87)cc1. The van der Waals surface area contributed by atoms with E-state index < -0.39 is 0 Å². The number of fused-ring (bicyclic) bond motifs is 12. The molecule has 0 bridgehead atoms. The smallest absolute Gasteiger partial charge is 0.0641 e. The Bertz CT molecular complexity index is 3920. The van der Waals surface area contributed by atoms with Crippen molar-refractivity contribution in [3.05, 3.63) is 204 Å². The minimum absolute atomic E-state index is 0.000794. The van der Waals surface area contributed by atoms with Crippen LogP contribution in [0, 0.1) is 0 Å². The second-order valence-corrected chi connectivity index (χ2v) is 23.1. The highest BCUT2D eigenvalue weighted by Gasteiger charge is 2.30. The Kier molecular flexibility index (Phi) is 9.71. The lowest BCUT2D eigenvalue weighted by Gasteiger charge is -2.27. The molecule has 0 radical (unpaired) electrons. The first kappa shape index (κ1) is 44.1. The Labute approximate surface area is 423 Å². The van der Waals surface area contributed by atoms with E-state index in [-0.39, 0.29) is 10.8 Å². The lowest BCUT2D eigenvalue weighted by molar-refractivity contribution is 0.591. The fraction of sp³-hybridized carbons (Fsp3) is 0.206. The topological polar surface area (TPSA) is 15.3 Å². The Morgan fingerprint density at radius 1 is 0.333 bits per heavy atom. The van der Waals surface area contributed by atoms with Crippen molar-refractivity contribution in [3.63, 3.8) is 0 Å². The van der Waals surface area contributed by atoms with E-state index in [1.165, 1.54) is 110 Å². The van der Waals surface area contributed by atoms with Crippen LogP contribution in [0.5, 0.6) is 0 Å². The van der Waals surface area contributed by atoms with Crippen LogP contribution in [0.2, 0.25) is 0 Å². The van der Waals surface area contributed by atoms with E-state index >= 15 is 0 Å². The fourth-order valence-corrected chi connectivity index (χ4v) is 11.9. The minimum atomic E-state index is -0.000794. The van der Waals surface area contributed by atoms with Crippen LogP contribution in [0.15, 0.2) is 182 Å². The highest BCUT2D eigenvalue weighted by molar-refractivity contribution is 6.33. The van der Waals surface area contributed by atoms with E-state index in [4.69, 9.17) is 0 Å². The van der Waals surface area contributed by atoms with Gasteiger partial charge in [-0.1, -0.05) is 154 Å². The second-order valence-electron chi connectivity index (χ2n) is 23.1. The molecule has 4 heterocycles. The molecule has 0 saturated heterocycles. The Hall–Kier alpha value is -7.82. The van der Waals surface area contributed by atoms with Crippen LogP contribution in [0.4, 0.5) is 34.1 Å². The first-order chi connectivity index (χ1) is 34.7. The van der Waals surface area contributed by atoms with E-state index in [1.54, 1.807) is 0 Å². The Balaban J connectivity index is 1.21. The molecule has 0 N–H and O–H groups in total. The van der Waals surface area contributed by atoms with Crippen LogP contribution < -0.4 is 9.80 Å². The molecule has 0 unspecified atom stereocenters. The molecule has 0 amide bonds. The highest BCUT2D eigenvalue weighted by atomic mass is 15.2. The molecule has 0 fully saturated rings. The van der Waals surface area contributed by atoms with E-state index in [9.17, 15) is 0 Å². The largest absolute Gasteiger partial charge is 0.310 e. The molecule has 72 heavy (non-hydrogen) atoms. The summed E-state index contributed by atoms with van der Waals surface area (Å²) in [6, 6.07) is 69.4. The summed E-state index contributed by atoms with van der Waals surface area (Å²) in [5.74, 6) is 0.874. The van der Waals surface area contributed by atoms with Gasteiger partial charge in [-0.15, -0.1) is 0 Å². The van der Waals surface area contributed by atoms with Gasteiger partial charge in [-0.05, 0) is 142 Å². The summed E-state index contributed by atoms with van der Waals surface area (Å²) in [5, 5.41) is 10.1. The van der Waals surface area contributed by atoms with Crippen molar-refractivity contribution < 1.29 is 0 Å². The molecule has 0 saturated carbocycles. The summed E-state index contributed by atoms with van der Waals surface area (Å²) in [5.41, 5.74) is 19.6. The van der Waals surface area contributed by atoms with Gasteiger partial charge < -0.3 is 18.6 Å². The van der Waals surface area contributed by atoms with Gasteiger partial charge in [0.05, 0.1) is 44.5 Å². The van der Waals surface area contributed by atoms with Crippen LogP contribution in [0.25, 0.3) is 76.2 Å². The molecule has 0 spiro atoms. The molecule has 0 aliphatic carbocycles. The highest BCUT2D eigenvalue weighted by Crippen LogP contribution is 2.52. The Morgan fingerprint density at radius 2 is 0.694 bits per heavy atom. The number of benzene rings is 9. The van der Waals surface area contributed by atoms with Gasteiger partial charge in [0.1, 0.15) is 0 Å². The quantitative estimate of drug-likeness (QED) is 0.151. The molecule has 4 heteroatoms. The predicted octanol–water partition coefficient (Wildman–Crippen LogP) is 19.8. The standard InChI is InChI=1S/C68H62N4/c1-41(2)43-21-27-49(28-22-43)69(47-17-13-11-14-18-47)59-35-31-51-53-37-45(67(5,6)7)25-33-57(53)71-61-40-56-62(39-55(61)63(59)65(51)71)72-58-34-26-46(68(8,9)10)38-54(58)52-32-36-60(64(56)66(52)72)70(48-19-15-12-16-20-48)50-29-23-44(24-30-50)42(3)4/h11-42H,1-10H3. The summed E-state index contributed by atoms with van der Waals surface area (Å²) >= 11 is 0. The van der Waals surface area contributed by atoms with Gasteiger partial charge in [0.15, 0.2) is 0 Å². The molecule has 13 aromatic rings. The summed E-state index contributed by atoms with van der Waals surface area (Å²) in [6.07, 6.45) is 0. The van der Waals surface area contributed by atoms with Crippen molar-refractivity contribution in [1.29, 1.82) is 0 Å². The van der Waals surface area contributed by atoms with Crippen molar-refractivity contribution in [2.24, 2.45) is 0 Å². The van der Waals surface area contributed by atoms with Crippen molar-refractivity contribution in [2.75, 3.05) is 9.80 Å². The van der Waals surface area contributed by atoms with Crippen molar-refractivity contribution >= 4 is 110 Å². The van der Waals surface area contributed by atoms with Gasteiger partial charge in [-0.25, -0.2) is 0 Å². The monoisotopic (exact) mass is 934 g/mol. The van der Waals surface area contributed by atoms with E-state index in [1.807, 2.05) is 0 Å². The Morgan fingerprint density at radius 3 is 1.04 bits per heavy atom. The van der Waals surface area contributed by atoms with Crippen LogP contribution >= 0.6 is 0 Å².